The van der Waals surface area contributed by atoms with Crippen molar-refractivity contribution in [1.82, 2.24) is 0 Å². The van der Waals surface area contributed by atoms with Gasteiger partial charge in [0.2, 0.25) is 0 Å². The largest absolute Gasteiger partial charge is 0.291 e. The van der Waals surface area contributed by atoms with Crippen molar-refractivity contribution < 1.29 is 9.59 Å². The van der Waals surface area contributed by atoms with E-state index in [9.17, 15) is 9.59 Å². The van der Waals surface area contributed by atoms with Gasteiger partial charge in [0.15, 0.2) is 11.6 Å². The van der Waals surface area contributed by atoms with E-state index in [2.05, 4.69) is 0 Å². The van der Waals surface area contributed by atoms with E-state index in [-0.39, 0.29) is 25.1 Å². The van der Waals surface area contributed by atoms with Crippen LogP contribution in [0, 0.1) is 0 Å². The van der Waals surface area contributed by atoms with Crippen LogP contribution < -0.4 is 0 Å². The van der Waals surface area contributed by atoms with Crippen LogP contribution in [-0.2, 0) is 9.59 Å². The van der Waals surface area contributed by atoms with E-state index in [4.69, 9.17) is 0 Å². The highest BCUT2D eigenvalue weighted by molar-refractivity contribution is 7.59. The third kappa shape index (κ3) is 5.69. The van der Waals surface area contributed by atoms with Gasteiger partial charge < -0.3 is 0 Å². The first-order valence-electron chi connectivity index (χ1n) is 1.66. The second kappa shape index (κ2) is 3.87. The summed E-state index contributed by atoms with van der Waals surface area (Å²) in [7, 11) is 0. The minimum Gasteiger partial charge on any atom is -0.291 e. The zero-order valence-electron chi connectivity index (χ0n) is 4.32. The Bertz CT molecular complexity index is 75.7. The number of Topliss-reactive ketones (excluding diaryl/α,β-unsaturated/α-hetero) is 2. The van der Waals surface area contributed by atoms with E-state index in [1.165, 1.54) is 13.8 Å². The van der Waals surface area contributed by atoms with Crippen LogP contribution >= 0.6 is 13.5 Å². The van der Waals surface area contributed by atoms with Gasteiger partial charge in [-0.25, -0.2) is 0 Å². The van der Waals surface area contributed by atoms with Gasteiger partial charge in [0.05, 0.1) is 0 Å². The maximum atomic E-state index is 9.79. The number of hydrogen-bond donors (Lipinski definition) is 0. The normalized spacial score (nSPS) is 6.57. The molecule has 0 radical (unpaired) electrons. The van der Waals surface area contributed by atoms with E-state index in [1.807, 2.05) is 0 Å². The molecule has 3 heteroatoms. The third-order valence-corrected chi connectivity index (χ3v) is 0.496. The predicted molar refractivity (Wildman–Crippen MR) is 31.7 cm³/mol. The van der Waals surface area contributed by atoms with Crippen molar-refractivity contribution in [3.63, 3.8) is 0 Å². The third-order valence-electron chi connectivity index (χ3n) is 0.496. The molecule has 0 N–H and O–H groups in total. The fourth-order valence-electron chi connectivity index (χ4n) is 0. The van der Waals surface area contributed by atoms with Gasteiger partial charge in [-0.15, -0.1) is 0 Å². The van der Waals surface area contributed by atoms with Gasteiger partial charge in [-0.2, -0.15) is 13.5 Å². The SMILES string of the molecule is CC(=O)C(C)=O.S. The molecule has 7 heavy (non-hydrogen) atoms. The molecular formula is C4H8O2S. The van der Waals surface area contributed by atoms with Crippen LogP contribution in [0.15, 0.2) is 0 Å². The van der Waals surface area contributed by atoms with Crippen LogP contribution in [0.3, 0.4) is 0 Å². The average molecular weight is 120 g/mol. The second-order valence-corrected chi connectivity index (χ2v) is 1.11. The van der Waals surface area contributed by atoms with Gasteiger partial charge >= 0.3 is 0 Å². The maximum Gasteiger partial charge on any atom is 0.195 e. The monoisotopic (exact) mass is 120 g/mol. The summed E-state index contributed by atoms with van der Waals surface area (Å²) in [6, 6.07) is 0. The summed E-state index contributed by atoms with van der Waals surface area (Å²) in [6.45, 7) is 2.50. The van der Waals surface area contributed by atoms with Gasteiger partial charge in [-0.1, -0.05) is 0 Å². The van der Waals surface area contributed by atoms with Crippen molar-refractivity contribution in [2.24, 2.45) is 0 Å². The molecule has 0 saturated heterocycles. The summed E-state index contributed by atoms with van der Waals surface area (Å²) in [4.78, 5) is 19.6. The molecule has 0 aromatic heterocycles. The minimum atomic E-state index is -0.380. The molecule has 0 bridgehead atoms. The Balaban J connectivity index is 0. The summed E-state index contributed by atoms with van der Waals surface area (Å²) >= 11 is 0. The molecule has 0 aliphatic carbocycles. The van der Waals surface area contributed by atoms with Crippen LogP contribution in [0.1, 0.15) is 13.8 Å². The fraction of sp³-hybridized carbons (Fsp3) is 0.500. The Morgan fingerprint density at radius 2 is 1.14 bits per heavy atom. The van der Waals surface area contributed by atoms with Crippen molar-refractivity contribution in [2.45, 2.75) is 13.8 Å². The van der Waals surface area contributed by atoms with Crippen molar-refractivity contribution in [1.29, 1.82) is 0 Å². The summed E-state index contributed by atoms with van der Waals surface area (Å²) in [5.41, 5.74) is 0. The first-order valence-corrected chi connectivity index (χ1v) is 1.66. The first-order chi connectivity index (χ1) is 2.64. The lowest BCUT2D eigenvalue weighted by Gasteiger charge is -1.73. The second-order valence-electron chi connectivity index (χ2n) is 1.11. The molecule has 0 heterocycles. The molecule has 0 aromatic carbocycles. The molecule has 0 fully saturated rings. The van der Waals surface area contributed by atoms with Crippen molar-refractivity contribution >= 4 is 25.1 Å². The van der Waals surface area contributed by atoms with E-state index in [1.54, 1.807) is 0 Å². The molecule has 0 aliphatic rings. The molecule has 0 aromatic rings. The lowest BCUT2D eigenvalue weighted by atomic mass is 10.3. The Labute approximate surface area is 49.3 Å². The summed E-state index contributed by atoms with van der Waals surface area (Å²) in [6.07, 6.45) is 0. The van der Waals surface area contributed by atoms with Gasteiger partial charge in [-0.05, 0) is 0 Å². The smallest absolute Gasteiger partial charge is 0.195 e. The molecule has 0 unspecified atom stereocenters. The predicted octanol–water partition coefficient (Wildman–Crippen LogP) is 0.277. The van der Waals surface area contributed by atoms with Gasteiger partial charge in [-0.3, -0.25) is 9.59 Å². The topological polar surface area (TPSA) is 34.1 Å². The van der Waals surface area contributed by atoms with E-state index >= 15 is 0 Å². The molecule has 0 atom stereocenters. The molecule has 0 spiro atoms. The Morgan fingerprint density at radius 1 is 1.00 bits per heavy atom. The standard InChI is InChI=1S/C4H6O2.H2S/c1-3(5)4(2)6;/h1-2H3;1H2. The number of rotatable bonds is 1. The number of carbonyl (C=O) groups is 2. The number of carbonyl (C=O) groups excluding carboxylic acids is 2. The maximum absolute atomic E-state index is 9.79. The van der Waals surface area contributed by atoms with Gasteiger partial charge in [0, 0.05) is 13.8 Å². The molecule has 2 nitrogen and oxygen atoms in total. The van der Waals surface area contributed by atoms with E-state index in [0.717, 1.165) is 0 Å². The Morgan fingerprint density at radius 3 is 1.14 bits per heavy atom. The fourth-order valence-corrected chi connectivity index (χ4v) is 0. The van der Waals surface area contributed by atoms with Crippen LogP contribution in [0.25, 0.3) is 0 Å². The zero-order valence-corrected chi connectivity index (χ0v) is 5.32. The number of ketones is 2. The van der Waals surface area contributed by atoms with E-state index in [0.29, 0.717) is 0 Å². The van der Waals surface area contributed by atoms with Gasteiger partial charge in [0.25, 0.3) is 0 Å². The highest BCUT2D eigenvalue weighted by Crippen LogP contribution is 1.66. The first kappa shape index (κ1) is 9.85. The average Bonchev–Trinajstić information content (AvgIpc) is 1.36. The number of hydrogen-bond acceptors (Lipinski definition) is 2. The highest BCUT2D eigenvalue weighted by Gasteiger charge is 1.94. The molecule has 42 valence electrons. The zero-order chi connectivity index (χ0) is 5.15. The van der Waals surface area contributed by atoms with Crippen LogP contribution in [0.4, 0.5) is 0 Å². The van der Waals surface area contributed by atoms with Crippen LogP contribution in [-0.4, -0.2) is 11.6 Å². The lowest BCUT2D eigenvalue weighted by molar-refractivity contribution is -0.134. The van der Waals surface area contributed by atoms with E-state index < -0.39 is 0 Å². The van der Waals surface area contributed by atoms with Crippen molar-refractivity contribution in [3.8, 4) is 0 Å². The Hall–Kier alpha value is -0.310. The minimum absolute atomic E-state index is 0. The highest BCUT2D eigenvalue weighted by atomic mass is 32.1. The summed E-state index contributed by atoms with van der Waals surface area (Å²) in [5.74, 6) is -0.759. The molecule has 0 aliphatic heterocycles. The molecule has 0 saturated carbocycles. The summed E-state index contributed by atoms with van der Waals surface area (Å²) < 4.78 is 0. The van der Waals surface area contributed by atoms with Gasteiger partial charge in [0.1, 0.15) is 0 Å². The van der Waals surface area contributed by atoms with Crippen LogP contribution in [0.2, 0.25) is 0 Å². The van der Waals surface area contributed by atoms with Crippen molar-refractivity contribution in [2.75, 3.05) is 0 Å². The quantitative estimate of drug-likeness (QED) is 0.466. The molecule has 0 amide bonds. The Kier molecular flexibility index (Phi) is 5.44. The lowest BCUT2D eigenvalue weighted by Crippen LogP contribution is -2.01. The molecular weight excluding hydrogens is 112 g/mol. The van der Waals surface area contributed by atoms with Crippen molar-refractivity contribution in [3.05, 3.63) is 0 Å². The summed E-state index contributed by atoms with van der Waals surface area (Å²) in [5, 5.41) is 0. The molecule has 0 rings (SSSR count). The van der Waals surface area contributed by atoms with Crippen LogP contribution in [0.5, 0.6) is 0 Å².